The van der Waals surface area contributed by atoms with Gasteiger partial charge >= 0.3 is 0 Å². The second kappa shape index (κ2) is 3.32. The zero-order valence-corrected chi connectivity index (χ0v) is 7.95. The minimum Gasteiger partial charge on any atom is -0.388 e. The molecule has 3 nitrogen and oxygen atoms in total. The van der Waals surface area contributed by atoms with Crippen LogP contribution < -0.4 is 0 Å². The number of aliphatic hydroxyl groups is 2. The number of hydrogen-bond acceptors (Lipinski definition) is 3. The molecule has 72 valence electrons. The maximum atomic E-state index is 9.64. The summed E-state index contributed by atoms with van der Waals surface area (Å²) >= 11 is 0. The quantitative estimate of drug-likeness (QED) is 0.647. The van der Waals surface area contributed by atoms with E-state index in [-0.39, 0.29) is 6.10 Å². The lowest BCUT2D eigenvalue weighted by Gasteiger charge is -2.26. The van der Waals surface area contributed by atoms with Crippen LogP contribution in [0.1, 0.15) is 33.6 Å². The normalized spacial score (nSPS) is 48.2. The second-order valence-corrected chi connectivity index (χ2v) is 3.82. The lowest BCUT2D eigenvalue weighted by atomic mass is 9.92. The van der Waals surface area contributed by atoms with Crippen LogP contribution in [0.3, 0.4) is 0 Å². The number of rotatable bonds is 2. The van der Waals surface area contributed by atoms with Crippen molar-refractivity contribution in [3.8, 4) is 0 Å². The van der Waals surface area contributed by atoms with Crippen LogP contribution in [0.2, 0.25) is 0 Å². The first-order valence-electron chi connectivity index (χ1n) is 4.55. The fourth-order valence-corrected chi connectivity index (χ4v) is 1.89. The van der Waals surface area contributed by atoms with Gasteiger partial charge in [-0.1, -0.05) is 13.3 Å². The highest BCUT2D eigenvalue weighted by atomic mass is 16.6. The Balaban J connectivity index is 2.67. The largest absolute Gasteiger partial charge is 0.388 e. The van der Waals surface area contributed by atoms with E-state index in [2.05, 4.69) is 0 Å². The molecule has 1 fully saturated rings. The molecule has 1 saturated heterocycles. The average Bonchev–Trinajstić information content (AvgIpc) is 2.17. The van der Waals surface area contributed by atoms with Crippen molar-refractivity contribution < 1.29 is 14.9 Å². The van der Waals surface area contributed by atoms with Gasteiger partial charge in [-0.25, -0.2) is 0 Å². The Morgan fingerprint density at radius 1 is 1.42 bits per heavy atom. The van der Waals surface area contributed by atoms with E-state index in [1.54, 1.807) is 6.92 Å². The molecule has 1 aliphatic rings. The van der Waals surface area contributed by atoms with E-state index in [4.69, 9.17) is 4.74 Å². The Kier molecular flexibility index (Phi) is 2.76. The summed E-state index contributed by atoms with van der Waals surface area (Å²) in [5, 5.41) is 19.1. The molecule has 0 aliphatic carbocycles. The summed E-state index contributed by atoms with van der Waals surface area (Å²) in [6.45, 7) is 5.68. The van der Waals surface area contributed by atoms with Crippen LogP contribution in [0, 0.1) is 0 Å². The second-order valence-electron chi connectivity index (χ2n) is 3.82. The molecule has 3 heteroatoms. The highest BCUT2D eigenvalue weighted by Crippen LogP contribution is 2.34. The van der Waals surface area contributed by atoms with Crippen molar-refractivity contribution in [2.45, 2.75) is 57.5 Å². The van der Waals surface area contributed by atoms with Gasteiger partial charge in [0, 0.05) is 0 Å². The molecule has 1 aliphatic heterocycles. The number of hydrogen-bond donors (Lipinski definition) is 2. The number of aliphatic hydroxyl groups excluding tert-OH is 2. The Hall–Kier alpha value is -0.120. The van der Waals surface area contributed by atoms with Crippen molar-refractivity contribution in [1.29, 1.82) is 0 Å². The Morgan fingerprint density at radius 2 is 2.00 bits per heavy atom. The van der Waals surface area contributed by atoms with Crippen LogP contribution in [0.15, 0.2) is 0 Å². The van der Waals surface area contributed by atoms with Gasteiger partial charge in [-0.15, -0.1) is 0 Å². The van der Waals surface area contributed by atoms with Gasteiger partial charge in [0.1, 0.15) is 12.2 Å². The molecule has 12 heavy (non-hydrogen) atoms. The highest BCUT2D eigenvalue weighted by molar-refractivity contribution is 4.97. The van der Waals surface area contributed by atoms with Crippen molar-refractivity contribution in [1.82, 2.24) is 0 Å². The van der Waals surface area contributed by atoms with Crippen molar-refractivity contribution >= 4 is 0 Å². The third-order valence-electron chi connectivity index (χ3n) is 2.63. The summed E-state index contributed by atoms with van der Waals surface area (Å²) in [6, 6.07) is 0. The molecule has 1 unspecified atom stereocenters. The third-order valence-corrected chi connectivity index (χ3v) is 2.63. The number of ether oxygens (including phenoxy) is 1. The van der Waals surface area contributed by atoms with Crippen LogP contribution >= 0.6 is 0 Å². The maximum Gasteiger partial charge on any atom is 0.111 e. The van der Waals surface area contributed by atoms with Gasteiger partial charge < -0.3 is 14.9 Å². The predicted octanol–water partition coefficient (Wildman–Crippen LogP) is 0.686. The molecule has 0 spiro atoms. The van der Waals surface area contributed by atoms with Crippen molar-refractivity contribution in [3.63, 3.8) is 0 Å². The zero-order valence-electron chi connectivity index (χ0n) is 7.95. The van der Waals surface area contributed by atoms with Crippen LogP contribution in [-0.2, 0) is 4.74 Å². The molecule has 0 aromatic rings. The first kappa shape index (κ1) is 9.96. The Morgan fingerprint density at radius 3 is 2.33 bits per heavy atom. The Labute approximate surface area is 73.4 Å². The van der Waals surface area contributed by atoms with Gasteiger partial charge in [0.05, 0.1) is 11.7 Å². The summed E-state index contributed by atoms with van der Waals surface area (Å²) < 4.78 is 5.51. The van der Waals surface area contributed by atoms with E-state index in [1.165, 1.54) is 0 Å². The Bertz CT molecular complexity index is 160. The van der Waals surface area contributed by atoms with E-state index in [0.717, 1.165) is 12.8 Å². The van der Waals surface area contributed by atoms with E-state index in [9.17, 15) is 10.2 Å². The lowest BCUT2D eigenvalue weighted by Crippen LogP contribution is -2.40. The molecule has 1 heterocycles. The highest BCUT2D eigenvalue weighted by Gasteiger charge is 2.48. The standard InChI is InChI=1S/C9H18O3/c1-4-5-9(3)8(11)7(10)6(2)12-9/h6-8,10-11H,4-5H2,1-3H3/t6?,7-,8-,9+/m0/s1. The monoisotopic (exact) mass is 174 g/mol. The molecule has 1 rings (SSSR count). The van der Waals surface area contributed by atoms with Crippen LogP contribution in [-0.4, -0.2) is 34.1 Å². The minimum atomic E-state index is -0.743. The van der Waals surface area contributed by atoms with E-state index < -0.39 is 17.8 Å². The SMILES string of the molecule is CCC[C@@]1(C)OC(C)[C@H](O)[C@@H]1O. The summed E-state index contributed by atoms with van der Waals surface area (Å²) in [7, 11) is 0. The maximum absolute atomic E-state index is 9.64. The van der Waals surface area contributed by atoms with Crippen LogP contribution in [0.4, 0.5) is 0 Å². The van der Waals surface area contributed by atoms with Gasteiger partial charge in [0.2, 0.25) is 0 Å². The molecular formula is C9H18O3. The first-order chi connectivity index (χ1) is 5.51. The fraction of sp³-hybridized carbons (Fsp3) is 1.00. The van der Waals surface area contributed by atoms with Crippen LogP contribution in [0.5, 0.6) is 0 Å². The zero-order chi connectivity index (χ0) is 9.35. The summed E-state index contributed by atoms with van der Waals surface area (Å²) in [6.07, 6.45) is 0.00769. The van der Waals surface area contributed by atoms with Gasteiger partial charge in [-0.05, 0) is 20.3 Å². The summed E-state index contributed by atoms with van der Waals surface area (Å²) in [5.74, 6) is 0. The van der Waals surface area contributed by atoms with Crippen molar-refractivity contribution in [3.05, 3.63) is 0 Å². The molecule has 0 aromatic heterocycles. The molecule has 0 saturated carbocycles. The topological polar surface area (TPSA) is 49.7 Å². The third kappa shape index (κ3) is 1.49. The van der Waals surface area contributed by atoms with Gasteiger partial charge in [0.15, 0.2) is 0 Å². The summed E-state index contributed by atoms with van der Waals surface area (Å²) in [4.78, 5) is 0. The predicted molar refractivity (Wildman–Crippen MR) is 45.9 cm³/mol. The van der Waals surface area contributed by atoms with E-state index in [1.807, 2.05) is 13.8 Å². The molecule has 4 atom stereocenters. The van der Waals surface area contributed by atoms with E-state index in [0.29, 0.717) is 0 Å². The summed E-state index contributed by atoms with van der Waals surface area (Å²) in [5.41, 5.74) is -0.548. The van der Waals surface area contributed by atoms with Gasteiger partial charge in [-0.3, -0.25) is 0 Å². The minimum absolute atomic E-state index is 0.253. The van der Waals surface area contributed by atoms with Crippen molar-refractivity contribution in [2.24, 2.45) is 0 Å². The molecule has 0 amide bonds. The molecule has 0 aromatic carbocycles. The molecular weight excluding hydrogens is 156 g/mol. The molecule has 0 radical (unpaired) electrons. The molecule has 2 N–H and O–H groups in total. The van der Waals surface area contributed by atoms with E-state index >= 15 is 0 Å². The smallest absolute Gasteiger partial charge is 0.111 e. The fourth-order valence-electron chi connectivity index (χ4n) is 1.89. The van der Waals surface area contributed by atoms with Crippen molar-refractivity contribution in [2.75, 3.05) is 0 Å². The van der Waals surface area contributed by atoms with Gasteiger partial charge in [0.25, 0.3) is 0 Å². The average molecular weight is 174 g/mol. The van der Waals surface area contributed by atoms with Crippen LogP contribution in [0.25, 0.3) is 0 Å². The molecule has 0 bridgehead atoms. The lowest BCUT2D eigenvalue weighted by molar-refractivity contribution is -0.0709. The first-order valence-corrected chi connectivity index (χ1v) is 4.55. The van der Waals surface area contributed by atoms with Gasteiger partial charge in [-0.2, -0.15) is 0 Å².